The largest absolute Gasteiger partial charge is 0.338 e. The van der Waals surface area contributed by atoms with E-state index in [1.54, 1.807) is 12.1 Å². The Morgan fingerprint density at radius 1 is 1.25 bits per heavy atom. The monoisotopic (exact) mass is 398 g/mol. The van der Waals surface area contributed by atoms with Gasteiger partial charge < -0.3 is 14.0 Å². The molecule has 3 heterocycles. The summed E-state index contributed by atoms with van der Waals surface area (Å²) in [5, 5.41) is 4.73. The molecular weight excluding hydrogens is 376 g/mol. The number of nitrogens with zero attached hydrogens (tertiary/aromatic N) is 4. The number of piperidine rings is 1. The minimum absolute atomic E-state index is 0.140. The van der Waals surface area contributed by atoms with Gasteiger partial charge in [0.25, 0.3) is 5.89 Å². The highest BCUT2D eigenvalue weighted by atomic mass is 35.5. The van der Waals surface area contributed by atoms with Gasteiger partial charge >= 0.3 is 0 Å². The summed E-state index contributed by atoms with van der Waals surface area (Å²) < 4.78 is 7.34. The lowest BCUT2D eigenvalue weighted by atomic mass is 10.00. The molecule has 1 amide bonds. The van der Waals surface area contributed by atoms with Crippen molar-refractivity contribution in [3.63, 3.8) is 0 Å². The van der Waals surface area contributed by atoms with Crippen molar-refractivity contribution in [2.75, 3.05) is 6.54 Å². The van der Waals surface area contributed by atoms with Crippen LogP contribution in [0.1, 0.15) is 32.6 Å². The molecule has 28 heavy (non-hydrogen) atoms. The molecule has 0 bridgehead atoms. The number of hydrogen-bond donors (Lipinski definition) is 0. The Labute approximate surface area is 169 Å². The van der Waals surface area contributed by atoms with E-state index < -0.39 is 0 Å². The first-order valence-electron chi connectivity index (χ1n) is 9.70. The fourth-order valence-corrected chi connectivity index (χ4v) is 3.91. The fraction of sp³-hybridized carbons (Fsp3) is 0.381. The van der Waals surface area contributed by atoms with Gasteiger partial charge in [-0.2, -0.15) is 4.98 Å². The van der Waals surface area contributed by atoms with E-state index in [9.17, 15) is 4.79 Å². The van der Waals surface area contributed by atoms with Gasteiger partial charge in [0.2, 0.25) is 11.7 Å². The number of carbonyl (C=O) groups is 1. The summed E-state index contributed by atoms with van der Waals surface area (Å²) in [6.07, 6.45) is 6.25. The number of likely N-dealkylation sites (tertiary alicyclic amines) is 1. The predicted octanol–water partition coefficient (Wildman–Crippen LogP) is 4.65. The van der Waals surface area contributed by atoms with Gasteiger partial charge in [-0.1, -0.05) is 23.7 Å². The Hall–Kier alpha value is -2.60. The zero-order valence-corrected chi connectivity index (χ0v) is 16.6. The highest BCUT2D eigenvalue weighted by Crippen LogP contribution is 2.25. The van der Waals surface area contributed by atoms with Crippen LogP contribution in [0, 0.1) is 0 Å². The van der Waals surface area contributed by atoms with Crippen molar-refractivity contribution in [1.82, 2.24) is 19.6 Å². The zero-order valence-electron chi connectivity index (χ0n) is 15.8. The van der Waals surface area contributed by atoms with Gasteiger partial charge in [0.15, 0.2) is 0 Å². The summed E-state index contributed by atoms with van der Waals surface area (Å²) in [6.45, 7) is 3.26. The highest BCUT2D eigenvalue weighted by molar-refractivity contribution is 6.30. The summed E-state index contributed by atoms with van der Waals surface area (Å²) >= 11 is 5.94. The Bertz CT molecular complexity index is 947. The van der Waals surface area contributed by atoms with Crippen LogP contribution in [-0.4, -0.2) is 38.1 Å². The van der Waals surface area contributed by atoms with Crippen molar-refractivity contribution < 1.29 is 9.32 Å². The summed E-state index contributed by atoms with van der Waals surface area (Å²) in [5.74, 6) is 1.03. The quantitative estimate of drug-likeness (QED) is 0.627. The Kier molecular flexibility index (Phi) is 5.48. The molecule has 1 aromatic carbocycles. The van der Waals surface area contributed by atoms with Gasteiger partial charge in [0.1, 0.15) is 12.2 Å². The number of benzene rings is 1. The van der Waals surface area contributed by atoms with Crippen LogP contribution in [0.25, 0.3) is 23.0 Å². The lowest BCUT2D eigenvalue weighted by Gasteiger charge is -2.35. The highest BCUT2D eigenvalue weighted by Gasteiger charge is 2.26. The summed E-state index contributed by atoms with van der Waals surface area (Å²) in [7, 11) is 0. The minimum Gasteiger partial charge on any atom is -0.338 e. The number of amides is 1. The first-order valence-corrected chi connectivity index (χ1v) is 10.1. The molecule has 146 valence electrons. The average Bonchev–Trinajstić information content (AvgIpc) is 3.38. The number of halogens is 1. The van der Waals surface area contributed by atoms with Gasteiger partial charge in [-0.3, -0.25) is 4.79 Å². The normalized spacial score (nSPS) is 17.1. The van der Waals surface area contributed by atoms with Crippen LogP contribution in [0.2, 0.25) is 5.02 Å². The van der Waals surface area contributed by atoms with Crippen molar-refractivity contribution in [2.45, 2.75) is 45.2 Å². The average molecular weight is 399 g/mol. The number of carbonyl (C=O) groups excluding carboxylic acids is 1. The number of rotatable bonds is 5. The lowest BCUT2D eigenvalue weighted by molar-refractivity contribution is -0.135. The molecule has 3 aromatic rings. The van der Waals surface area contributed by atoms with Crippen LogP contribution in [0.15, 0.2) is 47.1 Å². The summed E-state index contributed by atoms with van der Waals surface area (Å²) in [6, 6.07) is 11.4. The molecule has 1 aliphatic rings. The Balaban J connectivity index is 1.53. The van der Waals surface area contributed by atoms with Crippen LogP contribution in [0.5, 0.6) is 0 Å². The van der Waals surface area contributed by atoms with Crippen molar-refractivity contribution in [3.8, 4) is 23.0 Å². The summed E-state index contributed by atoms with van der Waals surface area (Å²) in [5.41, 5.74) is 1.57. The van der Waals surface area contributed by atoms with E-state index in [4.69, 9.17) is 16.1 Å². The molecule has 0 aliphatic carbocycles. The van der Waals surface area contributed by atoms with E-state index in [1.165, 1.54) is 6.42 Å². The molecule has 0 radical (unpaired) electrons. The molecule has 1 atom stereocenters. The van der Waals surface area contributed by atoms with Crippen molar-refractivity contribution in [3.05, 3.63) is 47.6 Å². The van der Waals surface area contributed by atoms with Gasteiger partial charge in [-0.15, -0.1) is 0 Å². The molecule has 6 nitrogen and oxygen atoms in total. The molecule has 0 spiro atoms. The molecule has 1 aliphatic heterocycles. The maximum absolute atomic E-state index is 12.9. The molecule has 0 unspecified atom stereocenters. The summed E-state index contributed by atoms with van der Waals surface area (Å²) in [4.78, 5) is 19.4. The SMILES string of the molecule is CC[C@H]1CCCCN1C(=O)Cn1cccc1-c1nc(-c2ccc(Cl)cc2)no1. The molecule has 1 fully saturated rings. The number of aromatic nitrogens is 3. The third-order valence-corrected chi connectivity index (χ3v) is 5.55. The van der Waals surface area contributed by atoms with Gasteiger partial charge in [-0.25, -0.2) is 0 Å². The predicted molar refractivity (Wildman–Crippen MR) is 108 cm³/mol. The van der Waals surface area contributed by atoms with Gasteiger partial charge in [0.05, 0.1) is 0 Å². The second kappa shape index (κ2) is 8.19. The third-order valence-electron chi connectivity index (χ3n) is 5.30. The van der Waals surface area contributed by atoms with E-state index >= 15 is 0 Å². The molecule has 7 heteroatoms. The maximum atomic E-state index is 12.9. The van der Waals surface area contributed by atoms with E-state index in [0.29, 0.717) is 22.8 Å². The minimum atomic E-state index is 0.140. The standard InChI is InChI=1S/C21H23ClN4O2/c1-2-17-6-3-4-13-26(17)19(27)14-25-12-5-7-18(25)21-23-20(24-28-21)15-8-10-16(22)11-9-15/h5,7-12,17H,2-4,6,13-14H2,1H3/t17-/m0/s1. The van der Waals surface area contributed by atoms with Crippen LogP contribution >= 0.6 is 11.6 Å². The lowest BCUT2D eigenvalue weighted by Crippen LogP contribution is -2.44. The van der Waals surface area contributed by atoms with E-state index in [2.05, 4.69) is 17.1 Å². The molecule has 2 aromatic heterocycles. The van der Waals surface area contributed by atoms with Gasteiger partial charge in [-0.05, 0) is 62.1 Å². The smallest absolute Gasteiger partial charge is 0.274 e. The van der Waals surface area contributed by atoms with E-state index in [-0.39, 0.29) is 12.5 Å². The van der Waals surface area contributed by atoms with Crippen molar-refractivity contribution in [2.24, 2.45) is 0 Å². The number of hydrogen-bond acceptors (Lipinski definition) is 4. The molecule has 0 saturated carbocycles. The van der Waals surface area contributed by atoms with Gasteiger partial charge in [0, 0.05) is 29.4 Å². The van der Waals surface area contributed by atoms with Crippen molar-refractivity contribution in [1.29, 1.82) is 0 Å². The van der Waals surface area contributed by atoms with Crippen LogP contribution in [0.4, 0.5) is 0 Å². The third kappa shape index (κ3) is 3.83. The topological polar surface area (TPSA) is 64.2 Å². The maximum Gasteiger partial charge on any atom is 0.274 e. The Morgan fingerprint density at radius 2 is 2.07 bits per heavy atom. The molecule has 0 N–H and O–H groups in total. The molecule has 4 rings (SSSR count). The van der Waals surface area contributed by atoms with Crippen LogP contribution in [-0.2, 0) is 11.3 Å². The van der Waals surface area contributed by atoms with E-state index in [0.717, 1.165) is 37.1 Å². The van der Waals surface area contributed by atoms with Crippen molar-refractivity contribution >= 4 is 17.5 Å². The first-order chi connectivity index (χ1) is 13.7. The van der Waals surface area contributed by atoms with Crippen LogP contribution in [0.3, 0.4) is 0 Å². The van der Waals surface area contributed by atoms with Crippen LogP contribution < -0.4 is 0 Å². The Morgan fingerprint density at radius 3 is 2.86 bits per heavy atom. The molecular formula is C21H23ClN4O2. The first kappa shape index (κ1) is 18.7. The fourth-order valence-electron chi connectivity index (χ4n) is 3.78. The van der Waals surface area contributed by atoms with E-state index in [1.807, 2.05) is 39.9 Å². The second-order valence-corrected chi connectivity index (χ2v) is 7.53. The second-order valence-electron chi connectivity index (χ2n) is 7.10. The zero-order chi connectivity index (χ0) is 19.5. The molecule has 1 saturated heterocycles.